The molecule has 0 aliphatic heterocycles. The maximum absolute atomic E-state index is 2.26. The number of benzene rings is 1. The average molecular weight is 206 g/mol. The van der Waals surface area contributed by atoms with Gasteiger partial charge in [-0.05, 0) is 24.3 Å². The van der Waals surface area contributed by atoms with Crippen LogP contribution < -0.4 is 0 Å². The standard InChI is InChI=1S/C11H14.2C2H6/c1-2-6-10(7-3-1)11-8-4-5-9-11;2*1-2/h1-3,6-7,11H,4-5,8-9H2;2*1-2H3. The molecule has 0 unspecified atom stereocenters. The Kier molecular flexibility index (Phi) is 9.26. The smallest absolute Gasteiger partial charge is 0.0162 e. The van der Waals surface area contributed by atoms with Crippen LogP contribution in [0.5, 0.6) is 0 Å². The van der Waals surface area contributed by atoms with Crippen LogP contribution in [0.15, 0.2) is 30.3 Å². The highest BCUT2D eigenvalue weighted by atomic mass is 14.2. The highest BCUT2D eigenvalue weighted by Crippen LogP contribution is 2.33. The average Bonchev–Trinajstić information content (AvgIpc) is 2.89. The van der Waals surface area contributed by atoms with Crippen molar-refractivity contribution in [1.29, 1.82) is 0 Å². The van der Waals surface area contributed by atoms with E-state index in [1.165, 1.54) is 25.7 Å². The minimum atomic E-state index is 0.871. The lowest BCUT2D eigenvalue weighted by molar-refractivity contribution is 0.723. The molecule has 1 aliphatic rings. The molecule has 0 saturated heterocycles. The zero-order valence-electron chi connectivity index (χ0n) is 10.8. The molecule has 1 aromatic carbocycles. The lowest BCUT2D eigenvalue weighted by atomic mass is 9.98. The molecule has 0 radical (unpaired) electrons. The Hall–Kier alpha value is -0.780. The molecule has 2 rings (SSSR count). The molecular weight excluding hydrogens is 180 g/mol. The predicted molar refractivity (Wildman–Crippen MR) is 70.3 cm³/mol. The second-order valence-corrected chi connectivity index (χ2v) is 3.39. The van der Waals surface area contributed by atoms with E-state index in [0.29, 0.717) is 0 Å². The Morgan fingerprint density at radius 1 is 0.800 bits per heavy atom. The van der Waals surface area contributed by atoms with Crippen LogP contribution in [0.25, 0.3) is 0 Å². The van der Waals surface area contributed by atoms with Crippen molar-refractivity contribution in [2.45, 2.75) is 59.3 Å². The maximum Gasteiger partial charge on any atom is -0.0162 e. The maximum atomic E-state index is 2.26. The van der Waals surface area contributed by atoms with Gasteiger partial charge in [0, 0.05) is 0 Å². The molecule has 0 atom stereocenters. The topological polar surface area (TPSA) is 0 Å². The van der Waals surface area contributed by atoms with E-state index in [4.69, 9.17) is 0 Å². The third kappa shape index (κ3) is 5.01. The third-order valence-electron chi connectivity index (χ3n) is 2.63. The molecule has 0 aromatic heterocycles. The third-order valence-corrected chi connectivity index (χ3v) is 2.63. The summed E-state index contributed by atoms with van der Waals surface area (Å²) in [6.07, 6.45) is 5.67. The Labute approximate surface area is 95.7 Å². The van der Waals surface area contributed by atoms with E-state index < -0.39 is 0 Å². The van der Waals surface area contributed by atoms with E-state index in [2.05, 4.69) is 30.3 Å². The van der Waals surface area contributed by atoms with Crippen LogP contribution >= 0.6 is 0 Å². The van der Waals surface area contributed by atoms with Gasteiger partial charge in [-0.3, -0.25) is 0 Å². The van der Waals surface area contributed by atoms with Gasteiger partial charge in [0.05, 0.1) is 0 Å². The molecule has 1 aromatic rings. The van der Waals surface area contributed by atoms with Crippen LogP contribution in [0.1, 0.15) is 64.9 Å². The first-order chi connectivity index (χ1) is 7.47. The van der Waals surface area contributed by atoms with Gasteiger partial charge >= 0.3 is 0 Å². The Morgan fingerprint density at radius 2 is 1.27 bits per heavy atom. The van der Waals surface area contributed by atoms with Gasteiger partial charge < -0.3 is 0 Å². The van der Waals surface area contributed by atoms with Crippen molar-refractivity contribution < 1.29 is 0 Å². The highest BCUT2D eigenvalue weighted by Gasteiger charge is 2.15. The molecular formula is C15H26. The summed E-state index contributed by atoms with van der Waals surface area (Å²) in [6, 6.07) is 10.9. The number of rotatable bonds is 1. The van der Waals surface area contributed by atoms with Crippen molar-refractivity contribution in [2.75, 3.05) is 0 Å². The molecule has 0 nitrogen and oxygen atoms in total. The molecule has 15 heavy (non-hydrogen) atoms. The monoisotopic (exact) mass is 206 g/mol. The largest absolute Gasteiger partial charge is 0.0683 e. The van der Waals surface area contributed by atoms with Gasteiger partial charge in [0.1, 0.15) is 0 Å². The second kappa shape index (κ2) is 9.76. The van der Waals surface area contributed by atoms with E-state index in [1.807, 2.05) is 27.7 Å². The summed E-state index contributed by atoms with van der Waals surface area (Å²) in [5.74, 6) is 0.871. The van der Waals surface area contributed by atoms with E-state index >= 15 is 0 Å². The normalized spacial score (nSPS) is 14.7. The lowest BCUT2D eigenvalue weighted by Gasteiger charge is -2.07. The highest BCUT2D eigenvalue weighted by molar-refractivity contribution is 5.19. The minimum Gasteiger partial charge on any atom is -0.0683 e. The van der Waals surface area contributed by atoms with Crippen LogP contribution in [0.4, 0.5) is 0 Å². The van der Waals surface area contributed by atoms with Gasteiger partial charge in [0.15, 0.2) is 0 Å². The quantitative estimate of drug-likeness (QED) is 0.577. The molecule has 0 spiro atoms. The van der Waals surface area contributed by atoms with E-state index in [9.17, 15) is 0 Å². The first-order valence-corrected chi connectivity index (χ1v) is 6.52. The van der Waals surface area contributed by atoms with Crippen molar-refractivity contribution in [1.82, 2.24) is 0 Å². The van der Waals surface area contributed by atoms with Crippen LogP contribution in [-0.4, -0.2) is 0 Å². The van der Waals surface area contributed by atoms with Crippen LogP contribution in [0, 0.1) is 0 Å². The van der Waals surface area contributed by atoms with Crippen molar-refractivity contribution in [3.63, 3.8) is 0 Å². The van der Waals surface area contributed by atoms with Crippen molar-refractivity contribution >= 4 is 0 Å². The van der Waals surface area contributed by atoms with Crippen molar-refractivity contribution in [2.24, 2.45) is 0 Å². The van der Waals surface area contributed by atoms with Crippen LogP contribution in [0.2, 0.25) is 0 Å². The van der Waals surface area contributed by atoms with Crippen molar-refractivity contribution in [3.05, 3.63) is 35.9 Å². The van der Waals surface area contributed by atoms with E-state index in [-0.39, 0.29) is 0 Å². The van der Waals surface area contributed by atoms with Crippen molar-refractivity contribution in [3.8, 4) is 0 Å². The molecule has 86 valence electrons. The zero-order valence-corrected chi connectivity index (χ0v) is 10.8. The van der Waals surface area contributed by atoms with E-state index in [0.717, 1.165) is 5.92 Å². The predicted octanol–water partition coefficient (Wildman–Crippen LogP) is 5.40. The second-order valence-electron chi connectivity index (χ2n) is 3.39. The Balaban J connectivity index is 0.000000442. The van der Waals surface area contributed by atoms with Gasteiger partial charge in [-0.25, -0.2) is 0 Å². The van der Waals surface area contributed by atoms with Gasteiger partial charge in [0.2, 0.25) is 0 Å². The lowest BCUT2D eigenvalue weighted by Crippen LogP contribution is -1.89. The molecule has 0 amide bonds. The fourth-order valence-corrected chi connectivity index (χ4v) is 1.98. The summed E-state index contributed by atoms with van der Waals surface area (Å²) >= 11 is 0. The Bertz CT molecular complexity index is 207. The molecule has 0 N–H and O–H groups in total. The summed E-state index contributed by atoms with van der Waals surface area (Å²) in [6.45, 7) is 8.00. The fraction of sp³-hybridized carbons (Fsp3) is 0.600. The molecule has 1 saturated carbocycles. The van der Waals surface area contributed by atoms with Gasteiger partial charge in [-0.15, -0.1) is 0 Å². The van der Waals surface area contributed by atoms with Gasteiger partial charge in [0.25, 0.3) is 0 Å². The van der Waals surface area contributed by atoms with E-state index in [1.54, 1.807) is 5.56 Å². The van der Waals surface area contributed by atoms with Crippen LogP contribution in [0.3, 0.4) is 0 Å². The molecule has 0 bridgehead atoms. The molecule has 1 aliphatic carbocycles. The number of hydrogen-bond acceptors (Lipinski definition) is 0. The number of hydrogen-bond donors (Lipinski definition) is 0. The summed E-state index contributed by atoms with van der Waals surface area (Å²) in [4.78, 5) is 0. The first-order valence-electron chi connectivity index (χ1n) is 6.52. The molecule has 0 heterocycles. The summed E-state index contributed by atoms with van der Waals surface area (Å²) in [5.41, 5.74) is 1.55. The summed E-state index contributed by atoms with van der Waals surface area (Å²) in [5, 5.41) is 0. The van der Waals surface area contributed by atoms with Gasteiger partial charge in [-0.1, -0.05) is 70.9 Å². The Morgan fingerprint density at radius 3 is 1.73 bits per heavy atom. The summed E-state index contributed by atoms with van der Waals surface area (Å²) in [7, 11) is 0. The van der Waals surface area contributed by atoms with Crippen LogP contribution in [-0.2, 0) is 0 Å². The molecule has 1 fully saturated rings. The SMILES string of the molecule is CC.CC.c1ccc(C2CCCC2)cc1. The first kappa shape index (κ1) is 14.2. The summed E-state index contributed by atoms with van der Waals surface area (Å²) < 4.78 is 0. The van der Waals surface area contributed by atoms with Gasteiger partial charge in [-0.2, -0.15) is 0 Å². The fourth-order valence-electron chi connectivity index (χ4n) is 1.98. The minimum absolute atomic E-state index is 0.871. The zero-order chi connectivity index (χ0) is 11.5. The molecule has 0 heteroatoms.